The van der Waals surface area contributed by atoms with Gasteiger partial charge in [-0.3, -0.25) is 14.9 Å². The SMILES string of the molecule is Cc1cc(I)cnc1NC(=O)c1ccccc1[N+](=O)[O-]. The second-order valence-electron chi connectivity index (χ2n) is 4.05. The van der Waals surface area contributed by atoms with Crippen molar-refractivity contribution in [3.63, 3.8) is 0 Å². The van der Waals surface area contributed by atoms with Crippen molar-refractivity contribution in [2.45, 2.75) is 6.92 Å². The monoisotopic (exact) mass is 383 g/mol. The van der Waals surface area contributed by atoms with Crippen LogP contribution in [0.3, 0.4) is 0 Å². The molecule has 2 aromatic rings. The number of hydrogen-bond acceptors (Lipinski definition) is 4. The Kier molecular flexibility index (Phi) is 4.28. The standard InChI is InChI=1S/C13H10IN3O3/c1-8-6-9(14)7-15-12(8)16-13(18)10-4-2-3-5-11(10)17(19)20/h2-7H,1H3,(H,15,16,18). The molecule has 1 aromatic heterocycles. The lowest BCUT2D eigenvalue weighted by Crippen LogP contribution is -2.15. The molecule has 0 saturated heterocycles. The zero-order chi connectivity index (χ0) is 14.7. The third-order valence-corrected chi connectivity index (χ3v) is 3.21. The summed E-state index contributed by atoms with van der Waals surface area (Å²) in [5.74, 6) is -0.150. The fraction of sp³-hybridized carbons (Fsp3) is 0.0769. The van der Waals surface area contributed by atoms with Crippen molar-refractivity contribution in [1.29, 1.82) is 0 Å². The van der Waals surface area contributed by atoms with Crippen molar-refractivity contribution in [3.05, 3.63) is 61.3 Å². The van der Waals surface area contributed by atoms with E-state index >= 15 is 0 Å². The van der Waals surface area contributed by atoms with Gasteiger partial charge in [0.25, 0.3) is 11.6 Å². The summed E-state index contributed by atoms with van der Waals surface area (Å²) in [5.41, 5.74) is 0.578. The van der Waals surface area contributed by atoms with Crippen LogP contribution in [0.4, 0.5) is 11.5 Å². The van der Waals surface area contributed by atoms with Crippen LogP contribution in [-0.4, -0.2) is 15.8 Å². The molecule has 0 spiro atoms. The molecule has 0 fully saturated rings. The van der Waals surface area contributed by atoms with Crippen LogP contribution < -0.4 is 5.32 Å². The van der Waals surface area contributed by atoms with Crippen molar-refractivity contribution in [2.75, 3.05) is 5.32 Å². The maximum atomic E-state index is 12.1. The Morgan fingerprint density at radius 3 is 2.75 bits per heavy atom. The summed E-state index contributed by atoms with van der Waals surface area (Å²) in [6.07, 6.45) is 1.61. The summed E-state index contributed by atoms with van der Waals surface area (Å²) in [5, 5.41) is 13.5. The fourth-order valence-electron chi connectivity index (χ4n) is 1.67. The molecule has 6 nitrogen and oxygen atoms in total. The third-order valence-electron chi connectivity index (χ3n) is 2.62. The van der Waals surface area contributed by atoms with Gasteiger partial charge in [0.2, 0.25) is 0 Å². The van der Waals surface area contributed by atoms with Gasteiger partial charge in [-0.2, -0.15) is 0 Å². The molecule has 0 aliphatic carbocycles. The van der Waals surface area contributed by atoms with Gasteiger partial charge in [0.05, 0.1) is 4.92 Å². The minimum atomic E-state index is -0.580. The lowest BCUT2D eigenvalue weighted by molar-refractivity contribution is -0.385. The molecule has 20 heavy (non-hydrogen) atoms. The van der Waals surface area contributed by atoms with Crippen LogP contribution in [-0.2, 0) is 0 Å². The highest BCUT2D eigenvalue weighted by Gasteiger charge is 2.19. The summed E-state index contributed by atoms with van der Waals surface area (Å²) in [6.45, 7) is 1.81. The molecule has 0 bridgehead atoms. The average molecular weight is 383 g/mol. The first-order valence-corrected chi connectivity index (χ1v) is 6.74. The molecule has 0 saturated carbocycles. The lowest BCUT2D eigenvalue weighted by atomic mass is 10.1. The van der Waals surface area contributed by atoms with E-state index in [1.54, 1.807) is 12.3 Å². The molecule has 0 aliphatic rings. The molecule has 0 unspecified atom stereocenters. The summed E-state index contributed by atoms with van der Waals surface area (Å²) >= 11 is 2.12. The van der Waals surface area contributed by atoms with Crippen LogP contribution in [0, 0.1) is 20.6 Å². The Labute approximate surface area is 128 Å². The first-order chi connectivity index (χ1) is 9.49. The number of carbonyl (C=O) groups excluding carboxylic acids is 1. The lowest BCUT2D eigenvalue weighted by Gasteiger charge is -2.07. The van der Waals surface area contributed by atoms with E-state index in [2.05, 4.69) is 32.9 Å². The number of nitrogens with zero attached hydrogens (tertiary/aromatic N) is 2. The van der Waals surface area contributed by atoms with Crippen LogP contribution >= 0.6 is 22.6 Å². The molecule has 0 radical (unpaired) electrons. The minimum absolute atomic E-state index is 0.0113. The largest absolute Gasteiger partial charge is 0.306 e. The van der Waals surface area contributed by atoms with Gasteiger partial charge in [0, 0.05) is 15.8 Å². The number of hydrogen-bond donors (Lipinski definition) is 1. The number of benzene rings is 1. The quantitative estimate of drug-likeness (QED) is 0.501. The smallest absolute Gasteiger partial charge is 0.282 e. The Hall–Kier alpha value is -2.03. The number of halogens is 1. The van der Waals surface area contributed by atoms with Crippen LogP contribution in [0.5, 0.6) is 0 Å². The molecule has 1 heterocycles. The summed E-state index contributed by atoms with van der Waals surface area (Å²) in [7, 11) is 0. The molecular weight excluding hydrogens is 373 g/mol. The number of amides is 1. The molecule has 2 rings (SSSR count). The molecule has 1 amide bonds. The molecule has 1 aromatic carbocycles. The number of aromatic nitrogens is 1. The van der Waals surface area contributed by atoms with Gasteiger partial charge in [-0.1, -0.05) is 12.1 Å². The van der Waals surface area contributed by atoms with E-state index in [4.69, 9.17) is 0 Å². The van der Waals surface area contributed by atoms with Gasteiger partial charge in [-0.25, -0.2) is 4.98 Å². The number of para-hydroxylation sites is 1. The zero-order valence-electron chi connectivity index (χ0n) is 10.5. The van der Waals surface area contributed by atoms with Gasteiger partial charge in [0.15, 0.2) is 0 Å². The van der Waals surface area contributed by atoms with Gasteiger partial charge in [0.1, 0.15) is 11.4 Å². The van der Waals surface area contributed by atoms with Crippen LogP contribution in [0.15, 0.2) is 36.5 Å². The zero-order valence-corrected chi connectivity index (χ0v) is 12.6. The fourth-order valence-corrected chi connectivity index (χ4v) is 2.28. The number of nitrogens with one attached hydrogen (secondary N) is 1. The Morgan fingerprint density at radius 1 is 1.40 bits per heavy atom. The Morgan fingerprint density at radius 2 is 2.10 bits per heavy atom. The third kappa shape index (κ3) is 3.10. The van der Waals surface area contributed by atoms with Gasteiger partial charge in [-0.05, 0) is 47.2 Å². The van der Waals surface area contributed by atoms with Crippen LogP contribution in [0.25, 0.3) is 0 Å². The van der Waals surface area contributed by atoms with E-state index in [-0.39, 0.29) is 11.3 Å². The van der Waals surface area contributed by atoms with Gasteiger partial charge >= 0.3 is 0 Å². The molecule has 0 atom stereocenters. The highest BCUT2D eigenvalue weighted by molar-refractivity contribution is 14.1. The van der Waals surface area contributed by atoms with Crippen molar-refractivity contribution in [1.82, 2.24) is 4.98 Å². The van der Waals surface area contributed by atoms with E-state index in [9.17, 15) is 14.9 Å². The molecule has 1 N–H and O–H groups in total. The van der Waals surface area contributed by atoms with E-state index in [1.165, 1.54) is 18.2 Å². The van der Waals surface area contributed by atoms with E-state index < -0.39 is 10.8 Å². The minimum Gasteiger partial charge on any atom is -0.306 e. The summed E-state index contributed by atoms with van der Waals surface area (Å²) in [4.78, 5) is 26.5. The molecule has 102 valence electrons. The number of carbonyl (C=O) groups is 1. The molecule has 7 heteroatoms. The van der Waals surface area contributed by atoms with E-state index in [0.717, 1.165) is 9.13 Å². The van der Waals surface area contributed by atoms with Gasteiger partial charge < -0.3 is 5.32 Å². The maximum Gasteiger partial charge on any atom is 0.282 e. The highest BCUT2D eigenvalue weighted by atomic mass is 127. The van der Waals surface area contributed by atoms with Crippen LogP contribution in [0.2, 0.25) is 0 Å². The van der Waals surface area contributed by atoms with Crippen molar-refractivity contribution in [2.24, 2.45) is 0 Å². The topological polar surface area (TPSA) is 85.1 Å². The Balaban J connectivity index is 2.31. The van der Waals surface area contributed by atoms with Crippen molar-refractivity contribution in [3.8, 4) is 0 Å². The predicted molar refractivity (Wildman–Crippen MR) is 82.7 cm³/mol. The first kappa shape index (κ1) is 14.4. The van der Waals surface area contributed by atoms with Crippen molar-refractivity contribution < 1.29 is 9.72 Å². The number of rotatable bonds is 3. The predicted octanol–water partition coefficient (Wildman–Crippen LogP) is 3.16. The van der Waals surface area contributed by atoms with E-state index in [1.807, 2.05) is 13.0 Å². The van der Waals surface area contributed by atoms with Crippen LogP contribution in [0.1, 0.15) is 15.9 Å². The summed E-state index contributed by atoms with van der Waals surface area (Å²) < 4.78 is 0.948. The first-order valence-electron chi connectivity index (χ1n) is 5.66. The number of aryl methyl sites for hydroxylation is 1. The Bertz CT molecular complexity index is 688. The average Bonchev–Trinajstić information content (AvgIpc) is 2.41. The maximum absolute atomic E-state index is 12.1. The van der Waals surface area contributed by atoms with E-state index in [0.29, 0.717) is 5.82 Å². The second-order valence-corrected chi connectivity index (χ2v) is 5.29. The normalized spacial score (nSPS) is 10.1. The number of pyridine rings is 1. The molecular formula is C13H10IN3O3. The molecule has 0 aliphatic heterocycles. The number of nitro benzene ring substituents is 1. The highest BCUT2D eigenvalue weighted by Crippen LogP contribution is 2.20. The van der Waals surface area contributed by atoms with Crippen molar-refractivity contribution >= 4 is 40.0 Å². The second kappa shape index (κ2) is 5.95. The number of nitro groups is 1. The van der Waals surface area contributed by atoms with Gasteiger partial charge in [-0.15, -0.1) is 0 Å². The number of anilines is 1. The summed E-state index contributed by atoms with van der Waals surface area (Å²) in [6, 6.07) is 7.67.